The molecule has 0 aromatic heterocycles. The van der Waals surface area contributed by atoms with Crippen molar-refractivity contribution >= 4 is 0 Å². The molecule has 0 saturated heterocycles. The van der Waals surface area contributed by atoms with Crippen LogP contribution in [0.3, 0.4) is 0 Å². The SMILES string of the molecule is COc1cc2c(cc1O)C[NH+](C)CC2. The van der Waals surface area contributed by atoms with Crippen molar-refractivity contribution in [3.05, 3.63) is 23.3 Å². The number of aromatic hydroxyl groups is 1. The molecule has 1 atom stereocenters. The predicted molar refractivity (Wildman–Crippen MR) is 53.8 cm³/mol. The maximum Gasteiger partial charge on any atom is 0.160 e. The van der Waals surface area contributed by atoms with Crippen LogP contribution in [-0.2, 0) is 13.0 Å². The Labute approximate surface area is 83.9 Å². The summed E-state index contributed by atoms with van der Waals surface area (Å²) in [6.07, 6.45) is 1.07. The molecule has 0 fully saturated rings. The molecule has 0 radical (unpaired) electrons. The molecular formula is C11H16NO2+. The second-order valence-corrected chi connectivity index (χ2v) is 3.93. The Balaban J connectivity index is 2.40. The first kappa shape index (κ1) is 9.34. The van der Waals surface area contributed by atoms with Crippen LogP contribution in [0.15, 0.2) is 12.1 Å². The number of nitrogens with one attached hydrogen (secondary N) is 1. The molecule has 0 saturated carbocycles. The first-order valence-corrected chi connectivity index (χ1v) is 4.90. The van der Waals surface area contributed by atoms with Gasteiger partial charge in [-0.3, -0.25) is 0 Å². The maximum atomic E-state index is 9.62. The molecule has 1 aromatic rings. The van der Waals surface area contributed by atoms with Crippen LogP contribution in [0, 0.1) is 0 Å². The molecule has 1 aliphatic heterocycles. The lowest BCUT2D eigenvalue weighted by molar-refractivity contribution is -0.895. The van der Waals surface area contributed by atoms with Crippen molar-refractivity contribution in [1.82, 2.24) is 0 Å². The maximum absolute atomic E-state index is 9.62. The van der Waals surface area contributed by atoms with E-state index in [1.807, 2.05) is 12.1 Å². The molecule has 0 spiro atoms. The molecule has 1 aliphatic rings. The van der Waals surface area contributed by atoms with Gasteiger partial charge in [-0.15, -0.1) is 0 Å². The van der Waals surface area contributed by atoms with E-state index in [1.54, 1.807) is 7.11 Å². The Morgan fingerprint density at radius 1 is 1.36 bits per heavy atom. The van der Waals surface area contributed by atoms with E-state index in [-0.39, 0.29) is 5.75 Å². The van der Waals surface area contributed by atoms with Crippen molar-refractivity contribution < 1.29 is 14.7 Å². The monoisotopic (exact) mass is 194 g/mol. The van der Waals surface area contributed by atoms with E-state index in [0.717, 1.165) is 19.5 Å². The molecule has 0 amide bonds. The van der Waals surface area contributed by atoms with Crippen LogP contribution in [0.1, 0.15) is 11.1 Å². The molecule has 76 valence electrons. The van der Waals surface area contributed by atoms with E-state index in [4.69, 9.17) is 4.74 Å². The highest BCUT2D eigenvalue weighted by Crippen LogP contribution is 2.29. The second kappa shape index (κ2) is 3.50. The third-order valence-electron chi connectivity index (χ3n) is 2.81. The molecule has 0 bridgehead atoms. The van der Waals surface area contributed by atoms with Crippen molar-refractivity contribution in [2.24, 2.45) is 0 Å². The molecule has 1 aromatic carbocycles. The Morgan fingerprint density at radius 3 is 2.86 bits per heavy atom. The normalized spacial score (nSPS) is 20.3. The van der Waals surface area contributed by atoms with Gasteiger partial charge in [0, 0.05) is 12.0 Å². The van der Waals surface area contributed by atoms with E-state index in [0.29, 0.717) is 5.75 Å². The van der Waals surface area contributed by atoms with Crippen LogP contribution in [-0.4, -0.2) is 25.8 Å². The number of phenols is 1. The van der Waals surface area contributed by atoms with Gasteiger partial charge in [0.2, 0.25) is 0 Å². The molecule has 3 nitrogen and oxygen atoms in total. The number of benzene rings is 1. The van der Waals surface area contributed by atoms with Crippen molar-refractivity contribution in [1.29, 1.82) is 0 Å². The molecule has 1 heterocycles. The summed E-state index contributed by atoms with van der Waals surface area (Å²) in [5, 5.41) is 9.62. The van der Waals surface area contributed by atoms with E-state index >= 15 is 0 Å². The van der Waals surface area contributed by atoms with Crippen LogP contribution in [0.5, 0.6) is 11.5 Å². The van der Waals surface area contributed by atoms with Crippen molar-refractivity contribution in [2.45, 2.75) is 13.0 Å². The Bertz CT molecular complexity index is 349. The number of likely N-dealkylation sites (N-methyl/N-ethyl adjacent to an activating group) is 1. The molecule has 1 unspecified atom stereocenters. The van der Waals surface area contributed by atoms with Crippen molar-refractivity contribution in [3.63, 3.8) is 0 Å². The fourth-order valence-electron chi connectivity index (χ4n) is 1.98. The zero-order valence-corrected chi connectivity index (χ0v) is 8.63. The quantitative estimate of drug-likeness (QED) is 0.658. The van der Waals surface area contributed by atoms with Gasteiger partial charge in [0.1, 0.15) is 6.54 Å². The molecule has 3 heteroatoms. The zero-order chi connectivity index (χ0) is 10.1. The number of phenolic OH excluding ortho intramolecular Hbond substituents is 1. The minimum Gasteiger partial charge on any atom is -0.504 e. The minimum atomic E-state index is 0.251. The number of methoxy groups -OCH3 is 1. The van der Waals surface area contributed by atoms with Gasteiger partial charge < -0.3 is 14.7 Å². The molecule has 2 rings (SSSR count). The average Bonchev–Trinajstić information content (AvgIpc) is 2.16. The van der Waals surface area contributed by atoms with E-state index < -0.39 is 0 Å². The van der Waals surface area contributed by atoms with Gasteiger partial charge in [0.05, 0.1) is 20.7 Å². The molecule has 0 aliphatic carbocycles. The smallest absolute Gasteiger partial charge is 0.160 e. The number of hydrogen-bond donors (Lipinski definition) is 2. The topological polar surface area (TPSA) is 33.9 Å². The standard InChI is InChI=1S/C11H15NO2/c1-12-4-3-8-6-11(14-2)10(13)5-9(8)7-12/h5-6,13H,3-4,7H2,1-2H3/p+1. The van der Waals surface area contributed by atoms with Crippen LogP contribution >= 0.6 is 0 Å². The third-order valence-corrected chi connectivity index (χ3v) is 2.81. The average molecular weight is 194 g/mol. The summed E-state index contributed by atoms with van der Waals surface area (Å²) in [4.78, 5) is 1.49. The number of ether oxygens (including phenoxy) is 1. The highest BCUT2D eigenvalue weighted by molar-refractivity contribution is 5.46. The molecule has 2 N–H and O–H groups in total. The van der Waals surface area contributed by atoms with Crippen molar-refractivity contribution in [2.75, 3.05) is 20.7 Å². The van der Waals surface area contributed by atoms with Crippen LogP contribution < -0.4 is 9.64 Å². The van der Waals surface area contributed by atoms with Crippen molar-refractivity contribution in [3.8, 4) is 11.5 Å². The fraction of sp³-hybridized carbons (Fsp3) is 0.455. The van der Waals surface area contributed by atoms with Gasteiger partial charge in [0.25, 0.3) is 0 Å². The molecule has 14 heavy (non-hydrogen) atoms. The summed E-state index contributed by atoms with van der Waals surface area (Å²) in [6, 6.07) is 3.79. The third kappa shape index (κ3) is 1.55. The van der Waals surface area contributed by atoms with E-state index in [9.17, 15) is 5.11 Å². The highest BCUT2D eigenvalue weighted by atomic mass is 16.5. The van der Waals surface area contributed by atoms with Gasteiger partial charge in [-0.2, -0.15) is 0 Å². The number of quaternary nitrogens is 1. The van der Waals surface area contributed by atoms with Gasteiger partial charge in [-0.05, 0) is 17.7 Å². The predicted octanol–water partition coefficient (Wildman–Crippen LogP) is -0.0284. The summed E-state index contributed by atoms with van der Waals surface area (Å²) in [7, 11) is 3.76. The van der Waals surface area contributed by atoms with Crippen LogP contribution in [0.2, 0.25) is 0 Å². The van der Waals surface area contributed by atoms with Gasteiger partial charge in [-0.1, -0.05) is 0 Å². The van der Waals surface area contributed by atoms with Gasteiger partial charge >= 0.3 is 0 Å². The van der Waals surface area contributed by atoms with Crippen LogP contribution in [0.4, 0.5) is 0 Å². The number of hydrogen-bond acceptors (Lipinski definition) is 2. The second-order valence-electron chi connectivity index (χ2n) is 3.93. The highest BCUT2D eigenvalue weighted by Gasteiger charge is 2.18. The minimum absolute atomic E-state index is 0.251. The van der Waals surface area contributed by atoms with E-state index in [2.05, 4.69) is 7.05 Å². The largest absolute Gasteiger partial charge is 0.504 e. The first-order chi connectivity index (χ1) is 6.70. The Morgan fingerprint density at radius 2 is 2.14 bits per heavy atom. The first-order valence-electron chi connectivity index (χ1n) is 4.90. The lowest BCUT2D eigenvalue weighted by atomic mass is 9.99. The van der Waals surface area contributed by atoms with Gasteiger partial charge in [-0.25, -0.2) is 0 Å². The summed E-state index contributed by atoms with van der Waals surface area (Å²) in [6.45, 7) is 2.15. The summed E-state index contributed by atoms with van der Waals surface area (Å²) in [5.41, 5.74) is 2.55. The Kier molecular flexibility index (Phi) is 2.33. The number of rotatable bonds is 1. The van der Waals surface area contributed by atoms with Crippen LogP contribution in [0.25, 0.3) is 0 Å². The lowest BCUT2D eigenvalue weighted by Crippen LogP contribution is -3.08. The summed E-state index contributed by atoms with van der Waals surface area (Å²) < 4.78 is 5.08. The van der Waals surface area contributed by atoms with E-state index in [1.165, 1.54) is 16.0 Å². The Hall–Kier alpha value is -1.22. The number of fused-ring (bicyclic) bond motifs is 1. The molecular weight excluding hydrogens is 178 g/mol. The lowest BCUT2D eigenvalue weighted by Gasteiger charge is -2.22. The zero-order valence-electron chi connectivity index (χ0n) is 8.63. The fourth-order valence-corrected chi connectivity index (χ4v) is 1.98. The summed E-state index contributed by atoms with van der Waals surface area (Å²) >= 11 is 0. The summed E-state index contributed by atoms with van der Waals surface area (Å²) in [5.74, 6) is 0.837. The van der Waals surface area contributed by atoms with Gasteiger partial charge in [0.15, 0.2) is 11.5 Å².